The molecule has 1 aliphatic rings. The lowest BCUT2D eigenvalue weighted by molar-refractivity contribution is -0.151. The van der Waals surface area contributed by atoms with Gasteiger partial charge in [0.1, 0.15) is 6.61 Å². The summed E-state index contributed by atoms with van der Waals surface area (Å²) in [5.74, 6) is -0.287. The predicted molar refractivity (Wildman–Crippen MR) is 103 cm³/mol. The SMILES string of the molecule is O=C(OCc1ccccc1)C1CCN(C(=O)c2ccc3cc[nH]c3c2)CC1. The number of benzene rings is 2. The van der Waals surface area contributed by atoms with E-state index in [1.807, 2.05) is 65.7 Å². The fraction of sp³-hybridized carbons (Fsp3) is 0.273. The Balaban J connectivity index is 1.31. The lowest BCUT2D eigenvalue weighted by Gasteiger charge is -2.31. The molecule has 27 heavy (non-hydrogen) atoms. The first-order valence-electron chi connectivity index (χ1n) is 9.28. The van der Waals surface area contributed by atoms with Gasteiger partial charge in [-0.1, -0.05) is 36.4 Å². The van der Waals surface area contributed by atoms with Gasteiger partial charge in [0.2, 0.25) is 0 Å². The second-order valence-electron chi connectivity index (χ2n) is 6.94. The summed E-state index contributed by atoms with van der Waals surface area (Å²) in [4.78, 5) is 30.0. The van der Waals surface area contributed by atoms with Crippen LogP contribution in [0.25, 0.3) is 10.9 Å². The van der Waals surface area contributed by atoms with Gasteiger partial charge in [-0.3, -0.25) is 9.59 Å². The minimum absolute atomic E-state index is 0.0163. The molecule has 138 valence electrons. The van der Waals surface area contributed by atoms with E-state index in [4.69, 9.17) is 4.74 Å². The molecule has 1 aliphatic heterocycles. The van der Waals surface area contributed by atoms with E-state index >= 15 is 0 Å². The largest absolute Gasteiger partial charge is 0.461 e. The van der Waals surface area contributed by atoms with Crippen LogP contribution in [0.5, 0.6) is 0 Å². The maximum Gasteiger partial charge on any atom is 0.309 e. The lowest BCUT2D eigenvalue weighted by atomic mass is 9.96. The first-order valence-corrected chi connectivity index (χ1v) is 9.28. The Kier molecular flexibility index (Phi) is 4.92. The van der Waals surface area contributed by atoms with Crippen LogP contribution in [0.3, 0.4) is 0 Å². The predicted octanol–water partition coefficient (Wildman–Crippen LogP) is 3.76. The van der Waals surface area contributed by atoms with E-state index in [0.29, 0.717) is 38.1 Å². The molecule has 0 atom stereocenters. The first-order chi connectivity index (χ1) is 13.2. The average Bonchev–Trinajstić information content (AvgIpc) is 3.20. The molecule has 5 nitrogen and oxygen atoms in total. The minimum Gasteiger partial charge on any atom is -0.461 e. The Morgan fingerprint density at radius 2 is 1.81 bits per heavy atom. The van der Waals surface area contributed by atoms with E-state index < -0.39 is 0 Å². The molecular formula is C22H22N2O3. The van der Waals surface area contributed by atoms with Crippen molar-refractivity contribution in [3.8, 4) is 0 Å². The number of fused-ring (bicyclic) bond motifs is 1. The highest BCUT2D eigenvalue weighted by Gasteiger charge is 2.28. The second-order valence-corrected chi connectivity index (χ2v) is 6.94. The van der Waals surface area contributed by atoms with Gasteiger partial charge in [0.05, 0.1) is 5.92 Å². The van der Waals surface area contributed by atoms with Crippen LogP contribution in [0.15, 0.2) is 60.8 Å². The number of hydrogen-bond acceptors (Lipinski definition) is 3. The molecule has 0 aliphatic carbocycles. The number of nitrogens with zero attached hydrogens (tertiary/aromatic N) is 1. The average molecular weight is 362 g/mol. The number of aromatic nitrogens is 1. The third kappa shape index (κ3) is 3.87. The highest BCUT2D eigenvalue weighted by Crippen LogP contribution is 2.22. The zero-order valence-corrected chi connectivity index (χ0v) is 15.1. The van der Waals surface area contributed by atoms with Crippen LogP contribution < -0.4 is 0 Å². The van der Waals surface area contributed by atoms with Crippen molar-refractivity contribution in [2.45, 2.75) is 19.4 Å². The van der Waals surface area contributed by atoms with Crippen LogP contribution in [0, 0.1) is 5.92 Å². The number of nitrogens with one attached hydrogen (secondary N) is 1. The number of piperidine rings is 1. The van der Waals surface area contributed by atoms with Crippen LogP contribution in [-0.2, 0) is 16.1 Å². The zero-order valence-electron chi connectivity index (χ0n) is 15.1. The van der Waals surface area contributed by atoms with Gasteiger partial charge in [-0.05, 0) is 42.0 Å². The smallest absolute Gasteiger partial charge is 0.309 e. The molecule has 1 N–H and O–H groups in total. The van der Waals surface area contributed by atoms with Crippen molar-refractivity contribution in [1.82, 2.24) is 9.88 Å². The molecule has 1 fully saturated rings. The van der Waals surface area contributed by atoms with Gasteiger partial charge in [-0.15, -0.1) is 0 Å². The molecule has 2 aromatic carbocycles. The molecule has 0 saturated carbocycles. The van der Waals surface area contributed by atoms with E-state index in [1.165, 1.54) is 0 Å². The van der Waals surface area contributed by atoms with Gasteiger partial charge in [-0.2, -0.15) is 0 Å². The summed E-state index contributed by atoms with van der Waals surface area (Å²) in [7, 11) is 0. The number of carbonyl (C=O) groups excluding carboxylic acids is 2. The summed E-state index contributed by atoms with van der Waals surface area (Å²) in [6, 6.07) is 17.4. The van der Waals surface area contributed by atoms with Crippen LogP contribution in [-0.4, -0.2) is 34.8 Å². The van der Waals surface area contributed by atoms with Crippen molar-refractivity contribution in [3.05, 3.63) is 71.9 Å². The fourth-order valence-electron chi connectivity index (χ4n) is 3.53. The third-order valence-electron chi connectivity index (χ3n) is 5.14. The van der Waals surface area contributed by atoms with Gasteiger partial charge in [0.15, 0.2) is 0 Å². The van der Waals surface area contributed by atoms with Crippen LogP contribution >= 0.6 is 0 Å². The van der Waals surface area contributed by atoms with Crippen LogP contribution in [0.4, 0.5) is 0 Å². The van der Waals surface area contributed by atoms with E-state index in [1.54, 1.807) is 0 Å². The van der Waals surface area contributed by atoms with Crippen molar-refractivity contribution in [1.29, 1.82) is 0 Å². The number of ether oxygens (including phenoxy) is 1. The number of hydrogen-bond donors (Lipinski definition) is 1. The summed E-state index contributed by atoms with van der Waals surface area (Å²) in [5, 5.41) is 1.09. The number of likely N-dealkylation sites (tertiary alicyclic amines) is 1. The van der Waals surface area contributed by atoms with Gasteiger partial charge in [-0.25, -0.2) is 0 Å². The Labute approximate surface area is 157 Å². The summed E-state index contributed by atoms with van der Waals surface area (Å²) in [5.41, 5.74) is 2.62. The monoisotopic (exact) mass is 362 g/mol. The highest BCUT2D eigenvalue weighted by molar-refractivity contribution is 5.98. The third-order valence-corrected chi connectivity index (χ3v) is 5.14. The van der Waals surface area contributed by atoms with Gasteiger partial charge >= 0.3 is 5.97 Å². The molecule has 1 aromatic heterocycles. The number of aromatic amines is 1. The highest BCUT2D eigenvalue weighted by atomic mass is 16.5. The van der Waals surface area contributed by atoms with Crippen molar-refractivity contribution >= 4 is 22.8 Å². The summed E-state index contributed by atoms with van der Waals surface area (Å²) in [6.07, 6.45) is 3.15. The normalized spacial score (nSPS) is 15.0. The Hall–Kier alpha value is -3.08. The second kappa shape index (κ2) is 7.66. The standard InChI is InChI=1S/C22H22N2O3/c25-21(19-7-6-17-8-11-23-20(17)14-19)24-12-9-18(10-13-24)22(26)27-15-16-4-2-1-3-5-16/h1-8,11,14,18,23H,9-10,12-13,15H2. The molecule has 0 spiro atoms. The molecule has 4 rings (SSSR count). The molecule has 0 radical (unpaired) electrons. The number of carbonyl (C=O) groups is 2. The summed E-state index contributed by atoms with van der Waals surface area (Å²) >= 11 is 0. The Morgan fingerprint density at radius 3 is 2.59 bits per heavy atom. The molecule has 2 heterocycles. The first kappa shape index (κ1) is 17.3. The number of esters is 1. The van der Waals surface area contributed by atoms with Gasteiger partial charge in [0, 0.05) is 30.4 Å². The maximum absolute atomic E-state index is 12.7. The van der Waals surface area contributed by atoms with E-state index in [0.717, 1.165) is 16.5 Å². The summed E-state index contributed by atoms with van der Waals surface area (Å²) in [6.45, 7) is 1.45. The molecule has 1 amide bonds. The molecule has 3 aromatic rings. The minimum atomic E-state index is -0.168. The lowest BCUT2D eigenvalue weighted by Crippen LogP contribution is -2.40. The number of H-pyrrole nitrogens is 1. The van der Waals surface area contributed by atoms with Gasteiger partial charge < -0.3 is 14.6 Å². The topological polar surface area (TPSA) is 62.4 Å². The number of amides is 1. The fourth-order valence-corrected chi connectivity index (χ4v) is 3.53. The molecular weight excluding hydrogens is 340 g/mol. The van der Waals surface area contributed by atoms with Crippen molar-refractivity contribution in [3.63, 3.8) is 0 Å². The van der Waals surface area contributed by atoms with Crippen molar-refractivity contribution in [2.24, 2.45) is 5.92 Å². The van der Waals surface area contributed by atoms with Crippen molar-refractivity contribution in [2.75, 3.05) is 13.1 Å². The maximum atomic E-state index is 12.7. The zero-order chi connectivity index (χ0) is 18.6. The van der Waals surface area contributed by atoms with Crippen LogP contribution in [0.1, 0.15) is 28.8 Å². The Bertz CT molecular complexity index is 940. The number of rotatable bonds is 4. The van der Waals surface area contributed by atoms with Crippen molar-refractivity contribution < 1.29 is 14.3 Å². The Morgan fingerprint density at radius 1 is 1.04 bits per heavy atom. The van der Waals surface area contributed by atoms with Crippen LogP contribution in [0.2, 0.25) is 0 Å². The van der Waals surface area contributed by atoms with E-state index in [-0.39, 0.29) is 17.8 Å². The molecule has 0 bridgehead atoms. The van der Waals surface area contributed by atoms with E-state index in [2.05, 4.69) is 4.98 Å². The molecule has 1 saturated heterocycles. The molecule has 5 heteroatoms. The van der Waals surface area contributed by atoms with E-state index in [9.17, 15) is 9.59 Å². The quantitative estimate of drug-likeness (QED) is 0.719. The molecule has 0 unspecified atom stereocenters. The van der Waals surface area contributed by atoms with Gasteiger partial charge in [0.25, 0.3) is 5.91 Å². The summed E-state index contributed by atoms with van der Waals surface area (Å²) < 4.78 is 5.44.